The van der Waals surface area contributed by atoms with E-state index in [1.165, 1.54) is 5.69 Å². The standard InChI is InChI=1S/C19H23N7O/c1-14(18-24-21-13-25(18)10-11-27-2)22-19-20-12-17-16(23-19)8-9-26(17)15-6-4-3-5-7-15/h3-7,12-14H,8-11H2,1-2H3,(H,20,22,23)/t14-/m0/s1. The molecule has 27 heavy (non-hydrogen) atoms. The van der Waals surface area contributed by atoms with Crippen molar-refractivity contribution >= 4 is 17.3 Å². The molecule has 1 aromatic carbocycles. The second-order valence-electron chi connectivity index (χ2n) is 6.50. The maximum Gasteiger partial charge on any atom is 0.223 e. The molecule has 1 N–H and O–H groups in total. The highest BCUT2D eigenvalue weighted by Crippen LogP contribution is 2.33. The van der Waals surface area contributed by atoms with E-state index < -0.39 is 0 Å². The van der Waals surface area contributed by atoms with Crippen molar-refractivity contribution in [1.29, 1.82) is 0 Å². The summed E-state index contributed by atoms with van der Waals surface area (Å²) in [6.07, 6.45) is 4.51. The van der Waals surface area contributed by atoms with E-state index in [1.807, 2.05) is 35.9 Å². The normalized spacial score (nSPS) is 14.2. The fourth-order valence-corrected chi connectivity index (χ4v) is 3.32. The largest absolute Gasteiger partial charge is 0.383 e. The topological polar surface area (TPSA) is 81.0 Å². The summed E-state index contributed by atoms with van der Waals surface area (Å²) in [4.78, 5) is 11.5. The lowest BCUT2D eigenvalue weighted by molar-refractivity contribution is 0.186. The van der Waals surface area contributed by atoms with Crippen LogP contribution in [0.4, 0.5) is 17.3 Å². The first kappa shape index (κ1) is 17.4. The molecule has 0 radical (unpaired) electrons. The Morgan fingerprint density at radius 1 is 1.26 bits per heavy atom. The third-order valence-electron chi connectivity index (χ3n) is 4.69. The zero-order chi connectivity index (χ0) is 18.6. The average molecular weight is 365 g/mol. The minimum Gasteiger partial charge on any atom is -0.383 e. The van der Waals surface area contributed by atoms with Crippen molar-refractivity contribution in [2.75, 3.05) is 30.5 Å². The van der Waals surface area contributed by atoms with E-state index in [4.69, 9.17) is 9.72 Å². The molecule has 0 fully saturated rings. The molecule has 8 nitrogen and oxygen atoms in total. The average Bonchev–Trinajstić information content (AvgIpc) is 3.33. The lowest BCUT2D eigenvalue weighted by Gasteiger charge is -2.19. The van der Waals surface area contributed by atoms with E-state index in [9.17, 15) is 0 Å². The predicted octanol–water partition coefficient (Wildman–Crippen LogP) is 2.58. The van der Waals surface area contributed by atoms with E-state index in [0.717, 1.165) is 30.2 Å². The third kappa shape index (κ3) is 3.61. The molecule has 3 heterocycles. The molecular formula is C19H23N7O. The number of nitrogens with one attached hydrogen (secondary N) is 1. The molecule has 0 spiro atoms. The first-order chi connectivity index (χ1) is 13.3. The number of methoxy groups -OCH3 is 1. The number of para-hydroxylation sites is 1. The number of nitrogens with zero attached hydrogens (tertiary/aromatic N) is 6. The first-order valence-corrected chi connectivity index (χ1v) is 9.08. The number of fused-ring (bicyclic) bond motifs is 1. The van der Waals surface area contributed by atoms with Crippen LogP contribution in [-0.2, 0) is 17.7 Å². The lowest BCUT2D eigenvalue weighted by atomic mass is 10.3. The fourth-order valence-electron chi connectivity index (χ4n) is 3.32. The summed E-state index contributed by atoms with van der Waals surface area (Å²) in [5.74, 6) is 1.44. The van der Waals surface area contributed by atoms with Gasteiger partial charge in [-0.05, 0) is 19.1 Å². The molecule has 8 heteroatoms. The lowest BCUT2D eigenvalue weighted by Crippen LogP contribution is -2.17. The Hall–Kier alpha value is -3.00. The summed E-state index contributed by atoms with van der Waals surface area (Å²) in [6, 6.07) is 10.3. The zero-order valence-corrected chi connectivity index (χ0v) is 15.5. The van der Waals surface area contributed by atoms with Gasteiger partial charge in [0.2, 0.25) is 5.95 Å². The number of ether oxygens (including phenoxy) is 1. The van der Waals surface area contributed by atoms with Crippen LogP contribution in [0, 0.1) is 0 Å². The van der Waals surface area contributed by atoms with E-state index in [1.54, 1.807) is 13.4 Å². The van der Waals surface area contributed by atoms with Gasteiger partial charge in [-0.2, -0.15) is 0 Å². The van der Waals surface area contributed by atoms with Gasteiger partial charge in [-0.25, -0.2) is 9.97 Å². The summed E-state index contributed by atoms with van der Waals surface area (Å²) in [7, 11) is 1.68. The van der Waals surface area contributed by atoms with Gasteiger partial charge in [0.15, 0.2) is 5.82 Å². The minimum atomic E-state index is -0.0611. The number of hydrogen-bond acceptors (Lipinski definition) is 7. The second-order valence-corrected chi connectivity index (χ2v) is 6.50. The van der Waals surface area contributed by atoms with Crippen molar-refractivity contribution in [3.63, 3.8) is 0 Å². The molecule has 0 aliphatic carbocycles. The van der Waals surface area contributed by atoms with E-state index >= 15 is 0 Å². The van der Waals surface area contributed by atoms with Crippen molar-refractivity contribution in [2.24, 2.45) is 0 Å². The molecular weight excluding hydrogens is 342 g/mol. The number of rotatable bonds is 7. The molecule has 1 aliphatic heterocycles. The zero-order valence-electron chi connectivity index (χ0n) is 15.5. The van der Waals surface area contributed by atoms with Gasteiger partial charge in [0.1, 0.15) is 6.33 Å². The molecule has 0 amide bonds. The van der Waals surface area contributed by atoms with Gasteiger partial charge >= 0.3 is 0 Å². The Kier molecular flexibility index (Phi) is 4.97. The highest BCUT2D eigenvalue weighted by Gasteiger charge is 2.23. The summed E-state index contributed by atoms with van der Waals surface area (Å²) >= 11 is 0. The van der Waals surface area contributed by atoms with Crippen LogP contribution in [-0.4, -0.2) is 45.0 Å². The van der Waals surface area contributed by atoms with E-state index in [-0.39, 0.29) is 6.04 Å². The Bertz CT molecular complexity index is 896. The first-order valence-electron chi connectivity index (χ1n) is 9.08. The molecule has 1 aliphatic rings. The van der Waals surface area contributed by atoms with Crippen molar-refractivity contribution in [2.45, 2.75) is 25.9 Å². The van der Waals surface area contributed by atoms with Crippen molar-refractivity contribution in [3.05, 3.63) is 54.4 Å². The Labute approximate surface area is 158 Å². The van der Waals surface area contributed by atoms with Crippen LogP contribution in [0.2, 0.25) is 0 Å². The highest BCUT2D eigenvalue weighted by atomic mass is 16.5. The SMILES string of the molecule is COCCn1cnnc1[C@H](C)Nc1ncc2c(n1)CCN2c1ccccc1. The van der Waals surface area contributed by atoms with Gasteiger partial charge in [0.25, 0.3) is 0 Å². The van der Waals surface area contributed by atoms with Crippen LogP contribution < -0.4 is 10.2 Å². The molecule has 0 saturated heterocycles. The van der Waals surface area contributed by atoms with Crippen molar-refractivity contribution in [1.82, 2.24) is 24.7 Å². The van der Waals surface area contributed by atoms with Crippen molar-refractivity contribution in [3.8, 4) is 0 Å². The van der Waals surface area contributed by atoms with E-state index in [0.29, 0.717) is 19.1 Å². The van der Waals surface area contributed by atoms with Crippen LogP contribution in [0.25, 0.3) is 0 Å². The van der Waals surface area contributed by atoms with Gasteiger partial charge < -0.3 is 19.5 Å². The Morgan fingerprint density at radius 3 is 2.93 bits per heavy atom. The number of benzene rings is 1. The summed E-state index contributed by atoms with van der Waals surface area (Å²) in [5, 5.41) is 11.6. The number of aromatic nitrogens is 5. The molecule has 0 saturated carbocycles. The molecule has 4 rings (SSSR count). The quantitative estimate of drug-likeness (QED) is 0.689. The summed E-state index contributed by atoms with van der Waals surface area (Å²) in [6.45, 7) is 4.27. The molecule has 3 aromatic rings. The molecule has 140 valence electrons. The minimum absolute atomic E-state index is 0.0611. The second kappa shape index (κ2) is 7.71. The van der Waals surface area contributed by atoms with Crippen LogP contribution in [0.3, 0.4) is 0 Å². The van der Waals surface area contributed by atoms with Gasteiger partial charge in [-0.15, -0.1) is 10.2 Å². The van der Waals surface area contributed by atoms with Crippen LogP contribution in [0.15, 0.2) is 42.9 Å². The van der Waals surface area contributed by atoms with Crippen LogP contribution in [0.1, 0.15) is 24.5 Å². The predicted molar refractivity (Wildman–Crippen MR) is 103 cm³/mol. The number of hydrogen-bond donors (Lipinski definition) is 1. The van der Waals surface area contributed by atoms with Gasteiger partial charge in [-0.1, -0.05) is 18.2 Å². The summed E-state index contributed by atoms with van der Waals surface area (Å²) in [5.41, 5.74) is 3.30. The van der Waals surface area contributed by atoms with Gasteiger partial charge in [-0.3, -0.25) is 0 Å². The van der Waals surface area contributed by atoms with Gasteiger partial charge in [0, 0.05) is 32.3 Å². The molecule has 1 atom stereocenters. The molecule has 0 unspecified atom stereocenters. The highest BCUT2D eigenvalue weighted by molar-refractivity contribution is 5.68. The third-order valence-corrected chi connectivity index (χ3v) is 4.69. The van der Waals surface area contributed by atoms with Gasteiger partial charge in [0.05, 0.1) is 30.2 Å². The smallest absolute Gasteiger partial charge is 0.223 e. The van der Waals surface area contributed by atoms with Crippen LogP contribution in [0.5, 0.6) is 0 Å². The monoisotopic (exact) mass is 365 g/mol. The maximum absolute atomic E-state index is 5.14. The molecule has 0 bridgehead atoms. The molecule has 2 aromatic heterocycles. The Balaban J connectivity index is 1.49. The van der Waals surface area contributed by atoms with Crippen LogP contribution >= 0.6 is 0 Å². The van der Waals surface area contributed by atoms with Crippen molar-refractivity contribution < 1.29 is 4.74 Å². The van der Waals surface area contributed by atoms with E-state index in [2.05, 4.69) is 37.5 Å². The summed E-state index contributed by atoms with van der Waals surface area (Å²) < 4.78 is 7.12. The number of anilines is 3. The fraction of sp³-hybridized carbons (Fsp3) is 0.368. The Morgan fingerprint density at radius 2 is 2.11 bits per heavy atom. The maximum atomic E-state index is 5.14.